The lowest BCUT2D eigenvalue weighted by atomic mass is 10.1. The van der Waals surface area contributed by atoms with Crippen LogP contribution >= 0.6 is 0 Å². The van der Waals surface area contributed by atoms with Crippen molar-refractivity contribution in [2.75, 3.05) is 5.73 Å². The van der Waals surface area contributed by atoms with Gasteiger partial charge >= 0.3 is 5.97 Å². The Labute approximate surface area is 69.4 Å². The Bertz CT molecular complexity index is 282. The van der Waals surface area contributed by atoms with Crippen LogP contribution in [0.15, 0.2) is 12.3 Å². The zero-order valence-electron chi connectivity index (χ0n) is 6.45. The maximum atomic E-state index is 10.3. The van der Waals surface area contributed by atoms with Crippen molar-refractivity contribution in [2.45, 2.75) is 12.5 Å². The Kier molecular flexibility index (Phi) is 2.35. The number of nitrogen functional groups attached to an aromatic ring is 1. The number of carboxylic acids is 1. The maximum absolute atomic E-state index is 10.3. The second-order valence-electron chi connectivity index (χ2n) is 2.59. The van der Waals surface area contributed by atoms with Gasteiger partial charge in [-0.1, -0.05) is 0 Å². The number of aromatic nitrogens is 1. The Morgan fingerprint density at radius 1 is 1.75 bits per heavy atom. The molecule has 6 N–H and O–H groups in total. The number of rotatable bonds is 3. The molecule has 5 heteroatoms. The zero-order valence-corrected chi connectivity index (χ0v) is 6.45. The SMILES string of the molecule is Nc1cc(C(N)CC(=O)O)c[nH]1. The molecule has 0 bridgehead atoms. The van der Waals surface area contributed by atoms with Crippen LogP contribution in [-0.2, 0) is 4.79 Å². The number of aliphatic carboxylic acids is 1. The molecule has 66 valence electrons. The highest BCUT2D eigenvalue weighted by atomic mass is 16.4. The van der Waals surface area contributed by atoms with Gasteiger partial charge in [0.2, 0.25) is 0 Å². The molecule has 1 aromatic rings. The van der Waals surface area contributed by atoms with E-state index >= 15 is 0 Å². The van der Waals surface area contributed by atoms with Gasteiger partial charge in [-0.3, -0.25) is 4.79 Å². The molecule has 0 radical (unpaired) electrons. The summed E-state index contributed by atoms with van der Waals surface area (Å²) in [6.45, 7) is 0. The van der Waals surface area contributed by atoms with E-state index in [9.17, 15) is 4.79 Å². The van der Waals surface area contributed by atoms with E-state index < -0.39 is 12.0 Å². The van der Waals surface area contributed by atoms with Gasteiger partial charge < -0.3 is 21.6 Å². The molecule has 1 unspecified atom stereocenters. The average Bonchev–Trinajstić information content (AvgIpc) is 2.34. The van der Waals surface area contributed by atoms with Crippen LogP contribution in [0.1, 0.15) is 18.0 Å². The maximum Gasteiger partial charge on any atom is 0.305 e. The first-order valence-electron chi connectivity index (χ1n) is 3.50. The van der Waals surface area contributed by atoms with Crippen molar-refractivity contribution in [1.82, 2.24) is 4.98 Å². The second kappa shape index (κ2) is 3.27. The number of carboxylic acid groups (broad SMARTS) is 1. The average molecular weight is 169 g/mol. The highest BCUT2D eigenvalue weighted by Crippen LogP contribution is 2.15. The molecule has 1 atom stereocenters. The number of anilines is 1. The molecular formula is C7H11N3O2. The molecular weight excluding hydrogens is 158 g/mol. The van der Waals surface area contributed by atoms with Gasteiger partial charge in [-0.05, 0) is 11.6 Å². The number of nitrogens with one attached hydrogen (secondary N) is 1. The minimum atomic E-state index is -0.915. The standard InChI is InChI=1S/C7H11N3O2/c8-5(2-7(11)12)4-1-6(9)10-3-4/h1,3,5,10H,2,8-9H2,(H,11,12). The molecule has 0 aliphatic heterocycles. The second-order valence-corrected chi connectivity index (χ2v) is 2.59. The number of carbonyl (C=O) groups is 1. The Morgan fingerprint density at radius 2 is 2.42 bits per heavy atom. The molecule has 5 nitrogen and oxygen atoms in total. The van der Waals surface area contributed by atoms with E-state index in [2.05, 4.69) is 4.98 Å². The summed E-state index contributed by atoms with van der Waals surface area (Å²) in [5.41, 5.74) is 11.7. The van der Waals surface area contributed by atoms with E-state index in [0.29, 0.717) is 5.82 Å². The molecule has 0 aliphatic carbocycles. The Hall–Kier alpha value is -1.49. The lowest BCUT2D eigenvalue weighted by Gasteiger charge is -2.04. The molecule has 0 aromatic carbocycles. The Morgan fingerprint density at radius 3 is 2.83 bits per heavy atom. The van der Waals surface area contributed by atoms with Crippen molar-refractivity contribution in [3.05, 3.63) is 17.8 Å². The van der Waals surface area contributed by atoms with Crippen LogP contribution < -0.4 is 11.5 Å². The lowest BCUT2D eigenvalue weighted by molar-refractivity contribution is -0.137. The molecule has 0 spiro atoms. The van der Waals surface area contributed by atoms with Crippen molar-refractivity contribution in [1.29, 1.82) is 0 Å². The number of H-pyrrole nitrogens is 1. The van der Waals surface area contributed by atoms with Gasteiger partial charge in [-0.15, -0.1) is 0 Å². The summed E-state index contributed by atoms with van der Waals surface area (Å²) >= 11 is 0. The third-order valence-corrected chi connectivity index (χ3v) is 1.55. The molecule has 1 heterocycles. The number of hydrogen-bond donors (Lipinski definition) is 4. The number of hydrogen-bond acceptors (Lipinski definition) is 3. The number of aromatic amines is 1. The fourth-order valence-corrected chi connectivity index (χ4v) is 0.950. The van der Waals surface area contributed by atoms with Crippen molar-refractivity contribution in [3.63, 3.8) is 0 Å². The summed E-state index contributed by atoms with van der Waals surface area (Å²) in [6.07, 6.45) is 1.53. The quantitative estimate of drug-likeness (QED) is 0.513. The summed E-state index contributed by atoms with van der Waals surface area (Å²) in [5.74, 6) is -0.423. The first-order chi connectivity index (χ1) is 5.59. The van der Waals surface area contributed by atoms with Gasteiger partial charge in [-0.25, -0.2) is 0 Å². The molecule has 1 rings (SSSR count). The normalized spacial score (nSPS) is 12.8. The van der Waals surface area contributed by atoms with Crippen molar-refractivity contribution < 1.29 is 9.90 Å². The van der Waals surface area contributed by atoms with Crippen LogP contribution in [0.3, 0.4) is 0 Å². The van der Waals surface area contributed by atoms with E-state index in [0.717, 1.165) is 5.56 Å². The van der Waals surface area contributed by atoms with Crippen LogP contribution in [0.4, 0.5) is 5.82 Å². The Balaban J connectivity index is 2.64. The van der Waals surface area contributed by atoms with E-state index in [1.54, 1.807) is 12.3 Å². The van der Waals surface area contributed by atoms with Crippen LogP contribution in [0.5, 0.6) is 0 Å². The monoisotopic (exact) mass is 169 g/mol. The third-order valence-electron chi connectivity index (χ3n) is 1.55. The number of nitrogens with two attached hydrogens (primary N) is 2. The predicted octanol–water partition coefficient (Wildman–Crippen LogP) is 0.0714. The predicted molar refractivity (Wildman–Crippen MR) is 44.4 cm³/mol. The third kappa shape index (κ3) is 2.00. The molecule has 1 aromatic heterocycles. The molecule has 0 aliphatic rings. The molecule has 0 amide bonds. The minimum Gasteiger partial charge on any atom is -0.481 e. The highest BCUT2D eigenvalue weighted by Gasteiger charge is 2.11. The van der Waals surface area contributed by atoms with E-state index in [-0.39, 0.29) is 6.42 Å². The molecule has 0 saturated heterocycles. The molecule has 0 saturated carbocycles. The smallest absolute Gasteiger partial charge is 0.305 e. The van der Waals surface area contributed by atoms with Gasteiger partial charge in [0.05, 0.1) is 6.42 Å². The van der Waals surface area contributed by atoms with Crippen molar-refractivity contribution >= 4 is 11.8 Å². The summed E-state index contributed by atoms with van der Waals surface area (Å²) < 4.78 is 0. The van der Waals surface area contributed by atoms with Gasteiger partial charge in [-0.2, -0.15) is 0 Å². The first kappa shape index (κ1) is 8.61. The molecule has 0 fully saturated rings. The van der Waals surface area contributed by atoms with Crippen LogP contribution in [0.2, 0.25) is 0 Å². The van der Waals surface area contributed by atoms with Crippen molar-refractivity contribution in [3.8, 4) is 0 Å². The zero-order chi connectivity index (χ0) is 9.14. The van der Waals surface area contributed by atoms with Gasteiger partial charge in [0.1, 0.15) is 5.82 Å². The van der Waals surface area contributed by atoms with Gasteiger partial charge in [0.25, 0.3) is 0 Å². The topological polar surface area (TPSA) is 105 Å². The first-order valence-corrected chi connectivity index (χ1v) is 3.50. The largest absolute Gasteiger partial charge is 0.481 e. The van der Waals surface area contributed by atoms with Crippen LogP contribution in [0.25, 0.3) is 0 Å². The fraction of sp³-hybridized carbons (Fsp3) is 0.286. The van der Waals surface area contributed by atoms with Crippen molar-refractivity contribution in [2.24, 2.45) is 5.73 Å². The van der Waals surface area contributed by atoms with Crippen LogP contribution in [0, 0.1) is 0 Å². The van der Waals surface area contributed by atoms with E-state index in [1.807, 2.05) is 0 Å². The summed E-state index contributed by atoms with van der Waals surface area (Å²) in [4.78, 5) is 13.0. The lowest BCUT2D eigenvalue weighted by Crippen LogP contribution is -2.14. The van der Waals surface area contributed by atoms with E-state index in [1.165, 1.54) is 0 Å². The molecule has 12 heavy (non-hydrogen) atoms. The van der Waals surface area contributed by atoms with Gasteiger partial charge in [0.15, 0.2) is 0 Å². The van der Waals surface area contributed by atoms with Gasteiger partial charge in [0, 0.05) is 12.2 Å². The summed E-state index contributed by atoms with van der Waals surface area (Å²) in [5, 5.41) is 8.43. The summed E-state index contributed by atoms with van der Waals surface area (Å²) in [7, 11) is 0. The fourth-order valence-electron chi connectivity index (χ4n) is 0.950. The minimum absolute atomic E-state index is 0.0860. The highest BCUT2D eigenvalue weighted by molar-refractivity contribution is 5.68. The van der Waals surface area contributed by atoms with E-state index in [4.69, 9.17) is 16.6 Å². The van der Waals surface area contributed by atoms with Crippen LogP contribution in [-0.4, -0.2) is 16.1 Å². The summed E-state index contributed by atoms with van der Waals surface area (Å²) in [6, 6.07) is 1.14.